The second kappa shape index (κ2) is 6.39. The van der Waals surface area contributed by atoms with Gasteiger partial charge in [-0.2, -0.15) is 0 Å². The molecule has 2 aromatic rings. The molecule has 0 fully saturated rings. The van der Waals surface area contributed by atoms with E-state index in [4.69, 9.17) is 11.6 Å². The van der Waals surface area contributed by atoms with E-state index in [9.17, 15) is 19.5 Å². The van der Waals surface area contributed by atoms with E-state index in [1.807, 2.05) is 0 Å². The number of nitrogens with one attached hydrogen (secondary N) is 1. The predicted octanol–water partition coefficient (Wildman–Crippen LogP) is 1.25. The third-order valence-corrected chi connectivity index (χ3v) is 3.78. The molecule has 0 radical (unpaired) electrons. The summed E-state index contributed by atoms with van der Waals surface area (Å²) in [6.07, 6.45) is 0. The highest BCUT2D eigenvalue weighted by atomic mass is 35.5. The van der Waals surface area contributed by atoms with Gasteiger partial charge in [-0.05, 0) is 38.7 Å². The Morgan fingerprint density at radius 1 is 1.35 bits per heavy atom. The van der Waals surface area contributed by atoms with Gasteiger partial charge < -0.3 is 15.0 Å². The van der Waals surface area contributed by atoms with Gasteiger partial charge in [-0.3, -0.25) is 4.79 Å². The summed E-state index contributed by atoms with van der Waals surface area (Å²) in [5.41, 5.74) is -1.02. The Morgan fingerprint density at radius 3 is 2.57 bits per heavy atom. The molecule has 1 aromatic carbocycles. The van der Waals surface area contributed by atoms with Crippen molar-refractivity contribution < 1.29 is 9.90 Å². The van der Waals surface area contributed by atoms with Gasteiger partial charge in [0, 0.05) is 11.6 Å². The first kappa shape index (κ1) is 17.0. The molecule has 1 aromatic heterocycles. The molecule has 7 nitrogen and oxygen atoms in total. The van der Waals surface area contributed by atoms with E-state index in [2.05, 4.69) is 4.98 Å². The van der Waals surface area contributed by atoms with Crippen molar-refractivity contribution in [3.05, 3.63) is 60.9 Å². The summed E-state index contributed by atoms with van der Waals surface area (Å²) in [4.78, 5) is 40.2. The second-order valence-corrected chi connectivity index (χ2v) is 5.76. The maximum atomic E-state index is 12.7. The Balaban J connectivity index is 2.86. The van der Waals surface area contributed by atoms with Crippen LogP contribution in [0.15, 0.2) is 27.8 Å². The number of rotatable bonds is 4. The first-order chi connectivity index (χ1) is 10.7. The van der Waals surface area contributed by atoms with Crippen LogP contribution in [0.3, 0.4) is 0 Å². The van der Waals surface area contributed by atoms with Gasteiger partial charge in [-0.15, -0.1) is 0 Å². The number of hydrogen-bond donors (Lipinski definition) is 2. The smallest absolute Gasteiger partial charge is 0.352 e. The third kappa shape index (κ3) is 3.20. The average molecular weight is 338 g/mol. The van der Waals surface area contributed by atoms with Crippen LogP contribution in [0, 0.1) is 6.92 Å². The highest BCUT2D eigenvalue weighted by molar-refractivity contribution is 6.31. The van der Waals surface area contributed by atoms with E-state index in [1.54, 1.807) is 44.1 Å². The van der Waals surface area contributed by atoms with E-state index in [-0.39, 0.29) is 12.1 Å². The van der Waals surface area contributed by atoms with Gasteiger partial charge in [0.1, 0.15) is 5.69 Å². The minimum atomic E-state index is -1.36. The molecular weight excluding hydrogens is 322 g/mol. The van der Waals surface area contributed by atoms with Crippen molar-refractivity contribution in [2.24, 2.45) is 0 Å². The molecule has 2 N–H and O–H groups in total. The Kier molecular flexibility index (Phi) is 4.72. The number of halogens is 1. The summed E-state index contributed by atoms with van der Waals surface area (Å²) in [6.45, 7) is 1.76. The lowest BCUT2D eigenvalue weighted by Gasteiger charge is -2.15. The van der Waals surface area contributed by atoms with Crippen LogP contribution in [0.5, 0.6) is 0 Å². The molecule has 0 unspecified atom stereocenters. The largest absolute Gasteiger partial charge is 0.477 e. The molecule has 0 aliphatic heterocycles. The van der Waals surface area contributed by atoms with E-state index in [0.717, 1.165) is 4.57 Å². The molecule has 23 heavy (non-hydrogen) atoms. The Morgan fingerprint density at radius 2 is 2.00 bits per heavy atom. The van der Waals surface area contributed by atoms with Crippen LogP contribution < -0.4 is 11.2 Å². The first-order valence-electron chi connectivity index (χ1n) is 6.75. The molecule has 0 spiro atoms. The van der Waals surface area contributed by atoms with E-state index in [1.165, 1.54) is 0 Å². The minimum Gasteiger partial charge on any atom is -0.477 e. The molecule has 0 bridgehead atoms. The van der Waals surface area contributed by atoms with Gasteiger partial charge in [0.25, 0.3) is 5.56 Å². The van der Waals surface area contributed by atoms with Crippen LogP contribution in [0.4, 0.5) is 0 Å². The standard InChI is InChI=1S/C15H16ClN3O4/c1-8-10(16)5-4-6-11(8)19-13(20)9(7-18(2)3)12(14(21)22)17-15(19)23/h4-6H,7H2,1-3H3,(H,17,23)(H,21,22). The Labute approximate surface area is 136 Å². The molecule has 0 saturated carbocycles. The van der Waals surface area contributed by atoms with Crippen LogP contribution >= 0.6 is 11.6 Å². The quantitative estimate of drug-likeness (QED) is 0.875. The molecule has 0 amide bonds. The topological polar surface area (TPSA) is 95.4 Å². The zero-order valence-corrected chi connectivity index (χ0v) is 13.6. The summed E-state index contributed by atoms with van der Waals surface area (Å²) in [6, 6.07) is 4.84. The summed E-state index contributed by atoms with van der Waals surface area (Å²) in [5, 5.41) is 9.64. The number of aromatic nitrogens is 2. The van der Waals surface area contributed by atoms with E-state index in [0.29, 0.717) is 16.3 Å². The van der Waals surface area contributed by atoms with Crippen molar-refractivity contribution in [3.63, 3.8) is 0 Å². The number of carboxylic acids is 1. The lowest BCUT2D eigenvalue weighted by Crippen LogP contribution is -2.40. The SMILES string of the molecule is Cc1c(Cl)cccc1-n1c(=O)[nH]c(C(=O)O)c(CN(C)C)c1=O. The second-order valence-electron chi connectivity index (χ2n) is 5.35. The zero-order valence-electron chi connectivity index (χ0n) is 12.9. The van der Waals surface area contributed by atoms with Gasteiger partial charge >= 0.3 is 11.7 Å². The van der Waals surface area contributed by atoms with E-state index >= 15 is 0 Å². The monoisotopic (exact) mass is 337 g/mol. The average Bonchev–Trinajstić information content (AvgIpc) is 2.45. The van der Waals surface area contributed by atoms with Crippen LogP contribution in [0.1, 0.15) is 21.6 Å². The fraction of sp³-hybridized carbons (Fsp3) is 0.267. The Bertz CT molecular complexity index is 883. The summed E-state index contributed by atoms with van der Waals surface area (Å²) in [5.74, 6) is -1.36. The molecule has 1 heterocycles. The van der Waals surface area contributed by atoms with Gasteiger partial charge in [0.05, 0.1) is 11.3 Å². The Hall–Kier alpha value is -2.38. The number of hydrogen-bond acceptors (Lipinski definition) is 4. The number of aromatic amines is 1. The van der Waals surface area contributed by atoms with Crippen molar-refractivity contribution in [2.75, 3.05) is 14.1 Å². The molecule has 0 aliphatic rings. The number of carbonyl (C=O) groups is 1. The van der Waals surface area contributed by atoms with Crippen molar-refractivity contribution in [2.45, 2.75) is 13.5 Å². The van der Waals surface area contributed by atoms with Gasteiger partial charge in [0.2, 0.25) is 0 Å². The predicted molar refractivity (Wildman–Crippen MR) is 86.8 cm³/mol. The van der Waals surface area contributed by atoms with Crippen molar-refractivity contribution in [3.8, 4) is 5.69 Å². The number of H-pyrrole nitrogens is 1. The normalized spacial score (nSPS) is 11.0. The maximum absolute atomic E-state index is 12.7. The third-order valence-electron chi connectivity index (χ3n) is 3.37. The highest BCUT2D eigenvalue weighted by Crippen LogP contribution is 2.20. The van der Waals surface area contributed by atoms with Crippen molar-refractivity contribution in [1.29, 1.82) is 0 Å². The van der Waals surface area contributed by atoms with Crippen molar-refractivity contribution in [1.82, 2.24) is 14.5 Å². The van der Waals surface area contributed by atoms with Crippen LogP contribution in [0.25, 0.3) is 5.69 Å². The van der Waals surface area contributed by atoms with Gasteiger partial charge in [-0.25, -0.2) is 14.2 Å². The lowest BCUT2D eigenvalue weighted by molar-refractivity contribution is 0.0687. The molecule has 2 rings (SSSR count). The summed E-state index contributed by atoms with van der Waals surface area (Å²) >= 11 is 6.04. The fourth-order valence-corrected chi connectivity index (χ4v) is 2.44. The van der Waals surface area contributed by atoms with Crippen molar-refractivity contribution >= 4 is 17.6 Å². The number of carboxylic acid groups (broad SMARTS) is 1. The molecule has 0 saturated heterocycles. The highest BCUT2D eigenvalue weighted by Gasteiger charge is 2.21. The maximum Gasteiger partial charge on any atom is 0.352 e. The number of nitrogens with zero attached hydrogens (tertiary/aromatic N) is 2. The molecule has 122 valence electrons. The first-order valence-corrected chi connectivity index (χ1v) is 7.13. The van der Waals surface area contributed by atoms with Crippen LogP contribution in [-0.4, -0.2) is 39.6 Å². The lowest BCUT2D eigenvalue weighted by atomic mass is 10.1. The summed E-state index contributed by atoms with van der Waals surface area (Å²) < 4.78 is 0.909. The number of benzene rings is 1. The molecule has 0 atom stereocenters. The molecular formula is C15H16ClN3O4. The van der Waals surface area contributed by atoms with Gasteiger partial charge in [0.15, 0.2) is 0 Å². The van der Waals surface area contributed by atoms with Crippen LogP contribution in [0.2, 0.25) is 5.02 Å². The van der Waals surface area contributed by atoms with Gasteiger partial charge in [-0.1, -0.05) is 17.7 Å². The van der Waals surface area contributed by atoms with E-state index < -0.39 is 22.9 Å². The zero-order chi connectivity index (χ0) is 17.3. The fourth-order valence-electron chi connectivity index (χ4n) is 2.27. The minimum absolute atomic E-state index is 0.00137. The number of aromatic carboxylic acids is 1. The molecule has 0 aliphatic carbocycles. The molecule has 8 heteroatoms. The summed E-state index contributed by atoms with van der Waals surface area (Å²) in [7, 11) is 3.40. The van der Waals surface area contributed by atoms with Crippen LogP contribution in [-0.2, 0) is 6.54 Å².